The van der Waals surface area contributed by atoms with Gasteiger partial charge in [0.2, 0.25) is 0 Å². The van der Waals surface area contributed by atoms with E-state index >= 15 is 0 Å². The van der Waals surface area contributed by atoms with Crippen molar-refractivity contribution >= 4 is 23.4 Å². The molecule has 0 radical (unpaired) electrons. The molecule has 2 aliphatic rings. The fourth-order valence-electron chi connectivity index (χ4n) is 4.09. The van der Waals surface area contributed by atoms with Crippen molar-refractivity contribution in [3.63, 3.8) is 0 Å². The molecule has 2 fully saturated rings. The standard InChI is InChI=1S/C19H28ClNO2S/c1-13-8-16(4-5-17(13)20)23-19-10-15-12-21(6-3-7-24-2)11-14(15)9-18(19)22/h4-5,8,14-15,18-19,22H,3,6-7,9-12H2,1-2H3/t14-,15+,18+,19+/m0/s1. The van der Waals surface area contributed by atoms with Gasteiger partial charge in [0.05, 0.1) is 6.10 Å². The lowest BCUT2D eigenvalue weighted by Gasteiger charge is -2.35. The smallest absolute Gasteiger partial charge is 0.125 e. The highest BCUT2D eigenvalue weighted by atomic mass is 35.5. The number of rotatable bonds is 6. The molecule has 1 aliphatic heterocycles. The van der Waals surface area contributed by atoms with Crippen molar-refractivity contribution in [1.29, 1.82) is 0 Å². The lowest BCUT2D eigenvalue weighted by molar-refractivity contribution is -0.0231. The monoisotopic (exact) mass is 369 g/mol. The minimum atomic E-state index is -0.367. The van der Waals surface area contributed by atoms with E-state index in [1.54, 1.807) is 0 Å². The van der Waals surface area contributed by atoms with Crippen LogP contribution in [0.5, 0.6) is 5.75 Å². The van der Waals surface area contributed by atoms with Crippen molar-refractivity contribution in [2.45, 2.75) is 38.4 Å². The molecule has 1 N–H and O–H groups in total. The Morgan fingerprint density at radius 3 is 2.75 bits per heavy atom. The molecule has 1 saturated heterocycles. The second kappa shape index (κ2) is 8.31. The van der Waals surface area contributed by atoms with Crippen molar-refractivity contribution in [2.24, 2.45) is 11.8 Å². The second-order valence-corrected chi connectivity index (χ2v) is 8.62. The van der Waals surface area contributed by atoms with E-state index in [0.717, 1.165) is 42.3 Å². The Bertz CT molecular complexity index is 556. The fraction of sp³-hybridized carbons (Fsp3) is 0.684. The van der Waals surface area contributed by atoms with Gasteiger partial charge in [0.1, 0.15) is 11.9 Å². The highest BCUT2D eigenvalue weighted by Crippen LogP contribution is 2.38. The zero-order valence-electron chi connectivity index (χ0n) is 14.6. The Kier molecular flexibility index (Phi) is 6.36. The van der Waals surface area contributed by atoms with Crippen molar-refractivity contribution in [1.82, 2.24) is 4.90 Å². The number of aryl methyl sites for hydroxylation is 1. The van der Waals surface area contributed by atoms with Crippen LogP contribution in [0.25, 0.3) is 0 Å². The molecule has 1 heterocycles. The lowest BCUT2D eigenvalue weighted by Crippen LogP contribution is -2.42. The second-order valence-electron chi connectivity index (χ2n) is 7.23. The lowest BCUT2D eigenvalue weighted by atomic mass is 9.78. The molecule has 5 heteroatoms. The Morgan fingerprint density at radius 2 is 2.04 bits per heavy atom. The number of hydrogen-bond donors (Lipinski definition) is 1. The van der Waals surface area contributed by atoms with Crippen LogP contribution in [0.4, 0.5) is 0 Å². The number of fused-ring (bicyclic) bond motifs is 1. The average molecular weight is 370 g/mol. The molecule has 0 spiro atoms. The molecule has 3 nitrogen and oxygen atoms in total. The van der Waals surface area contributed by atoms with Gasteiger partial charge in [-0.15, -0.1) is 0 Å². The Labute approximate surface area is 154 Å². The van der Waals surface area contributed by atoms with Crippen LogP contribution in [0.3, 0.4) is 0 Å². The van der Waals surface area contributed by atoms with Gasteiger partial charge in [-0.1, -0.05) is 11.6 Å². The van der Waals surface area contributed by atoms with Gasteiger partial charge >= 0.3 is 0 Å². The van der Waals surface area contributed by atoms with Crippen LogP contribution in [-0.2, 0) is 0 Å². The first-order valence-electron chi connectivity index (χ1n) is 8.89. The molecule has 1 saturated carbocycles. The molecule has 0 bridgehead atoms. The highest BCUT2D eigenvalue weighted by molar-refractivity contribution is 7.98. The molecule has 1 aromatic carbocycles. The summed E-state index contributed by atoms with van der Waals surface area (Å²) in [4.78, 5) is 2.58. The number of likely N-dealkylation sites (tertiary alicyclic amines) is 1. The number of hydrogen-bond acceptors (Lipinski definition) is 4. The van der Waals surface area contributed by atoms with Crippen LogP contribution >= 0.6 is 23.4 Å². The van der Waals surface area contributed by atoms with Gasteiger partial charge in [-0.05, 0) is 80.3 Å². The summed E-state index contributed by atoms with van der Waals surface area (Å²) >= 11 is 8.00. The number of aliphatic hydroxyl groups excluding tert-OH is 1. The SMILES string of the molecule is CSCCCN1C[C@H]2C[C@@H](Oc3ccc(Cl)c(C)c3)[C@H](O)C[C@H]2C1. The van der Waals surface area contributed by atoms with Crippen LogP contribution in [0.2, 0.25) is 5.02 Å². The van der Waals surface area contributed by atoms with E-state index in [9.17, 15) is 5.11 Å². The summed E-state index contributed by atoms with van der Waals surface area (Å²) in [6.07, 6.45) is 4.77. The number of ether oxygens (including phenoxy) is 1. The van der Waals surface area contributed by atoms with E-state index in [2.05, 4.69) is 11.2 Å². The Hall–Kier alpha value is -0.420. The molecule has 24 heavy (non-hydrogen) atoms. The molecule has 134 valence electrons. The summed E-state index contributed by atoms with van der Waals surface area (Å²) in [7, 11) is 0. The van der Waals surface area contributed by atoms with Gasteiger partial charge in [-0.25, -0.2) is 0 Å². The van der Waals surface area contributed by atoms with E-state index < -0.39 is 0 Å². The van der Waals surface area contributed by atoms with Crippen LogP contribution in [0.15, 0.2) is 18.2 Å². The Balaban J connectivity index is 1.56. The maximum absolute atomic E-state index is 10.5. The van der Waals surface area contributed by atoms with E-state index in [4.69, 9.17) is 16.3 Å². The van der Waals surface area contributed by atoms with Gasteiger partial charge in [-0.3, -0.25) is 0 Å². The van der Waals surface area contributed by atoms with Gasteiger partial charge in [0, 0.05) is 18.1 Å². The molecule has 1 aromatic rings. The average Bonchev–Trinajstić information content (AvgIpc) is 2.93. The zero-order valence-corrected chi connectivity index (χ0v) is 16.2. The first-order valence-corrected chi connectivity index (χ1v) is 10.7. The van der Waals surface area contributed by atoms with Crippen LogP contribution in [-0.4, -0.2) is 53.9 Å². The molecular formula is C19H28ClNO2S. The van der Waals surface area contributed by atoms with Crippen LogP contribution in [0.1, 0.15) is 24.8 Å². The minimum absolute atomic E-state index is 0.0991. The third kappa shape index (κ3) is 4.40. The van der Waals surface area contributed by atoms with Crippen molar-refractivity contribution < 1.29 is 9.84 Å². The third-order valence-electron chi connectivity index (χ3n) is 5.40. The molecular weight excluding hydrogens is 342 g/mol. The van der Waals surface area contributed by atoms with E-state index in [0.29, 0.717) is 11.8 Å². The summed E-state index contributed by atoms with van der Waals surface area (Å²) in [5.41, 5.74) is 1.01. The van der Waals surface area contributed by atoms with Gasteiger partial charge in [0.25, 0.3) is 0 Å². The molecule has 0 aromatic heterocycles. The minimum Gasteiger partial charge on any atom is -0.488 e. The van der Waals surface area contributed by atoms with Crippen molar-refractivity contribution in [3.05, 3.63) is 28.8 Å². The summed E-state index contributed by atoms with van der Waals surface area (Å²) in [5.74, 6) is 3.33. The van der Waals surface area contributed by atoms with Gasteiger partial charge in [-0.2, -0.15) is 11.8 Å². The maximum atomic E-state index is 10.5. The number of aliphatic hydroxyl groups is 1. The predicted molar refractivity (Wildman–Crippen MR) is 102 cm³/mol. The molecule has 0 unspecified atom stereocenters. The van der Waals surface area contributed by atoms with Gasteiger partial charge < -0.3 is 14.7 Å². The fourth-order valence-corrected chi connectivity index (χ4v) is 4.63. The molecule has 4 atom stereocenters. The quantitative estimate of drug-likeness (QED) is 0.772. The van der Waals surface area contributed by atoms with E-state index in [-0.39, 0.29) is 12.2 Å². The van der Waals surface area contributed by atoms with Crippen LogP contribution < -0.4 is 4.74 Å². The Morgan fingerprint density at radius 1 is 1.29 bits per heavy atom. The van der Waals surface area contributed by atoms with Gasteiger partial charge in [0.15, 0.2) is 0 Å². The molecule has 1 aliphatic carbocycles. The maximum Gasteiger partial charge on any atom is 0.125 e. The number of halogens is 1. The summed E-state index contributed by atoms with van der Waals surface area (Å²) in [6, 6.07) is 5.73. The largest absolute Gasteiger partial charge is 0.488 e. The topological polar surface area (TPSA) is 32.7 Å². The normalized spacial score (nSPS) is 30.3. The predicted octanol–water partition coefficient (Wildman–Crippen LogP) is 3.85. The number of thioether (sulfide) groups is 1. The highest BCUT2D eigenvalue weighted by Gasteiger charge is 2.42. The number of nitrogens with zero attached hydrogens (tertiary/aromatic N) is 1. The first kappa shape index (κ1) is 18.4. The summed E-state index contributed by atoms with van der Waals surface area (Å²) in [5, 5.41) is 11.3. The first-order chi connectivity index (χ1) is 11.6. The van der Waals surface area contributed by atoms with Crippen molar-refractivity contribution in [2.75, 3.05) is 31.6 Å². The van der Waals surface area contributed by atoms with Crippen LogP contribution in [0, 0.1) is 18.8 Å². The van der Waals surface area contributed by atoms with E-state index in [1.807, 2.05) is 36.9 Å². The summed E-state index contributed by atoms with van der Waals surface area (Å²) in [6.45, 7) is 5.46. The molecule has 0 amide bonds. The van der Waals surface area contributed by atoms with Crippen molar-refractivity contribution in [3.8, 4) is 5.75 Å². The molecule has 3 rings (SSSR count). The van der Waals surface area contributed by atoms with E-state index in [1.165, 1.54) is 18.7 Å². The third-order valence-corrected chi connectivity index (χ3v) is 6.52. The zero-order chi connectivity index (χ0) is 17.1. The summed E-state index contributed by atoms with van der Waals surface area (Å²) < 4.78 is 6.11. The number of benzene rings is 1.